The first-order chi connectivity index (χ1) is 14.5. The number of carbonyl (C=O) groups is 2. The molecule has 30 heavy (non-hydrogen) atoms. The summed E-state index contributed by atoms with van der Waals surface area (Å²) < 4.78 is 1.78. The van der Waals surface area contributed by atoms with Crippen molar-refractivity contribution in [1.29, 1.82) is 0 Å². The van der Waals surface area contributed by atoms with E-state index in [-0.39, 0.29) is 17.9 Å². The molecule has 3 aromatic carbocycles. The summed E-state index contributed by atoms with van der Waals surface area (Å²) in [5.41, 5.74) is 7.51. The van der Waals surface area contributed by atoms with Crippen LogP contribution in [0.5, 0.6) is 0 Å². The number of nitrogens with one attached hydrogen (secondary N) is 2. The van der Waals surface area contributed by atoms with Crippen LogP contribution in [-0.2, 0) is 4.79 Å². The minimum absolute atomic E-state index is 0.242. The number of aryl methyl sites for hydroxylation is 2. The van der Waals surface area contributed by atoms with Gasteiger partial charge in [0.15, 0.2) is 6.04 Å². The van der Waals surface area contributed by atoms with Crippen LogP contribution in [0, 0.1) is 13.8 Å². The summed E-state index contributed by atoms with van der Waals surface area (Å²) in [6.07, 6.45) is 1.90. The summed E-state index contributed by atoms with van der Waals surface area (Å²) in [7, 11) is 0. The molecule has 0 saturated carbocycles. The number of hydrogen-bond acceptors (Lipinski definition) is 2. The second-order valence-electron chi connectivity index (χ2n) is 7.60. The Hall–Kier alpha value is -3.73. The van der Waals surface area contributed by atoms with Gasteiger partial charge < -0.3 is 5.32 Å². The highest BCUT2D eigenvalue weighted by atomic mass is 16.2. The van der Waals surface area contributed by atoms with Crippen molar-refractivity contribution in [3.63, 3.8) is 0 Å². The molecule has 2 N–H and O–H groups in total. The van der Waals surface area contributed by atoms with Gasteiger partial charge in [-0.25, -0.2) is 0 Å². The third-order valence-corrected chi connectivity index (χ3v) is 5.21. The number of hydrazone groups is 1. The molecule has 2 amide bonds. The molecular weight excluding hydrogens is 374 g/mol. The van der Waals surface area contributed by atoms with Crippen molar-refractivity contribution in [2.24, 2.45) is 0 Å². The second-order valence-corrected chi connectivity index (χ2v) is 7.60. The fraction of sp³-hybridized carbons (Fsp3) is 0.160. The quantitative estimate of drug-likeness (QED) is 0.663. The van der Waals surface area contributed by atoms with Crippen LogP contribution in [0.1, 0.15) is 38.7 Å². The van der Waals surface area contributed by atoms with Crippen LogP contribution in [0.15, 0.2) is 78.9 Å². The van der Waals surface area contributed by atoms with Gasteiger partial charge in [-0.1, -0.05) is 65.7 Å². The average molecular weight is 398 g/mol. The first-order valence-electron chi connectivity index (χ1n) is 9.94. The van der Waals surface area contributed by atoms with Gasteiger partial charge in [0.25, 0.3) is 5.91 Å². The van der Waals surface area contributed by atoms with Crippen LogP contribution in [0.3, 0.4) is 0 Å². The highest BCUT2D eigenvalue weighted by Gasteiger charge is 2.47. The van der Waals surface area contributed by atoms with E-state index in [1.165, 1.54) is 5.56 Å². The largest absolute Gasteiger partial charge is 0.334 e. The van der Waals surface area contributed by atoms with Crippen LogP contribution in [0.4, 0.5) is 0 Å². The van der Waals surface area contributed by atoms with E-state index in [2.05, 4.69) is 10.7 Å². The molecule has 1 saturated heterocycles. The molecule has 0 bridgehead atoms. The van der Waals surface area contributed by atoms with Crippen molar-refractivity contribution in [1.82, 2.24) is 10.7 Å². The van der Waals surface area contributed by atoms with Crippen LogP contribution in [-0.4, -0.2) is 28.8 Å². The van der Waals surface area contributed by atoms with Gasteiger partial charge in [0.05, 0.1) is 0 Å². The smallest absolute Gasteiger partial charge is 0.304 e. The SMILES string of the molecule is Cc1ccc(/C=[N+]2\NC(=O)[C@@H](NC(=O)c3cccc(C)c3)[C@H]2c2ccccc2)cc1. The lowest BCUT2D eigenvalue weighted by Gasteiger charge is -2.15. The normalized spacial score (nSPS) is 19.5. The number of rotatable bonds is 4. The van der Waals surface area contributed by atoms with Crippen LogP contribution >= 0.6 is 0 Å². The maximum atomic E-state index is 12.9. The zero-order chi connectivity index (χ0) is 21.1. The van der Waals surface area contributed by atoms with E-state index < -0.39 is 6.04 Å². The summed E-state index contributed by atoms with van der Waals surface area (Å²) in [5, 5.41) is 2.93. The maximum Gasteiger partial charge on any atom is 0.304 e. The first-order valence-corrected chi connectivity index (χ1v) is 9.94. The van der Waals surface area contributed by atoms with E-state index in [0.717, 1.165) is 16.7 Å². The number of benzene rings is 3. The molecule has 5 heteroatoms. The monoisotopic (exact) mass is 398 g/mol. The molecule has 1 fully saturated rings. The molecule has 0 radical (unpaired) electrons. The maximum absolute atomic E-state index is 12.9. The molecule has 0 aliphatic carbocycles. The lowest BCUT2D eigenvalue weighted by molar-refractivity contribution is -0.596. The molecule has 1 heterocycles. The minimum Gasteiger partial charge on any atom is -0.334 e. The van der Waals surface area contributed by atoms with E-state index in [0.29, 0.717) is 5.56 Å². The molecule has 0 spiro atoms. The third-order valence-electron chi connectivity index (χ3n) is 5.21. The van der Waals surface area contributed by atoms with Crippen LogP contribution < -0.4 is 10.7 Å². The van der Waals surface area contributed by atoms with Gasteiger partial charge in [-0.2, -0.15) is 0 Å². The summed E-state index contributed by atoms with van der Waals surface area (Å²) >= 11 is 0. The van der Waals surface area contributed by atoms with Gasteiger partial charge >= 0.3 is 5.91 Å². The van der Waals surface area contributed by atoms with Gasteiger partial charge in [0.1, 0.15) is 0 Å². The lowest BCUT2D eigenvalue weighted by Crippen LogP contribution is -2.42. The lowest BCUT2D eigenvalue weighted by atomic mass is 9.99. The summed E-state index contributed by atoms with van der Waals surface area (Å²) in [6.45, 7) is 3.97. The standard InChI is InChI=1S/C25H23N3O2/c1-17-11-13-19(14-12-17)16-28-23(20-8-4-3-5-9-20)22(25(30)27-28)26-24(29)21-10-6-7-18(2)15-21/h3-16,22-23H,1-2H3,(H-,26,27,29,30)/p+1/b28-16-/t22-,23+/m0/s1. The number of hydrazine groups is 1. The van der Waals surface area contributed by atoms with E-state index in [1.807, 2.05) is 92.9 Å². The second kappa shape index (κ2) is 8.33. The molecule has 0 aromatic heterocycles. The Morgan fingerprint density at radius 2 is 1.67 bits per heavy atom. The van der Waals surface area contributed by atoms with Crippen LogP contribution in [0.25, 0.3) is 0 Å². The molecule has 4 rings (SSSR count). The number of amides is 2. The topological polar surface area (TPSA) is 61.2 Å². The Bertz CT molecular complexity index is 1100. The molecule has 5 nitrogen and oxygen atoms in total. The number of carbonyl (C=O) groups excluding carboxylic acids is 2. The Kier molecular flexibility index (Phi) is 5.44. The van der Waals surface area contributed by atoms with E-state index in [1.54, 1.807) is 10.8 Å². The third kappa shape index (κ3) is 4.15. The van der Waals surface area contributed by atoms with Crippen molar-refractivity contribution in [3.8, 4) is 0 Å². The van der Waals surface area contributed by atoms with Crippen LogP contribution in [0.2, 0.25) is 0 Å². The van der Waals surface area contributed by atoms with E-state index >= 15 is 0 Å². The highest BCUT2D eigenvalue weighted by molar-refractivity contribution is 5.98. The zero-order valence-electron chi connectivity index (χ0n) is 17.0. The minimum atomic E-state index is -0.720. The molecular formula is C25H24N3O2+. The van der Waals surface area contributed by atoms with Gasteiger partial charge in [0, 0.05) is 16.7 Å². The Morgan fingerprint density at radius 1 is 0.933 bits per heavy atom. The van der Waals surface area contributed by atoms with E-state index in [4.69, 9.17) is 0 Å². The van der Waals surface area contributed by atoms with Gasteiger partial charge in [-0.15, -0.1) is 10.1 Å². The fourth-order valence-corrected chi connectivity index (χ4v) is 3.65. The average Bonchev–Trinajstić information content (AvgIpc) is 3.05. The van der Waals surface area contributed by atoms with Gasteiger partial charge in [-0.05, 0) is 38.1 Å². The Balaban J connectivity index is 1.69. The highest BCUT2D eigenvalue weighted by Crippen LogP contribution is 2.25. The molecule has 2 atom stereocenters. The van der Waals surface area contributed by atoms with Crippen molar-refractivity contribution in [2.75, 3.05) is 0 Å². The van der Waals surface area contributed by atoms with Crippen molar-refractivity contribution >= 4 is 18.0 Å². The number of nitrogens with zero attached hydrogens (tertiary/aromatic N) is 1. The summed E-state index contributed by atoms with van der Waals surface area (Å²) in [6, 6.07) is 24.0. The van der Waals surface area contributed by atoms with Crippen molar-refractivity contribution in [3.05, 3.63) is 107 Å². The molecule has 0 unspecified atom stereocenters. The van der Waals surface area contributed by atoms with Gasteiger partial charge in [0.2, 0.25) is 12.3 Å². The predicted octanol–water partition coefficient (Wildman–Crippen LogP) is 3.32. The Labute approximate surface area is 176 Å². The summed E-state index contributed by atoms with van der Waals surface area (Å²) in [5.74, 6) is -0.509. The summed E-state index contributed by atoms with van der Waals surface area (Å²) in [4.78, 5) is 25.7. The van der Waals surface area contributed by atoms with Crippen molar-refractivity contribution < 1.29 is 14.3 Å². The molecule has 150 valence electrons. The fourth-order valence-electron chi connectivity index (χ4n) is 3.65. The Morgan fingerprint density at radius 3 is 2.37 bits per heavy atom. The zero-order valence-corrected chi connectivity index (χ0v) is 17.0. The van der Waals surface area contributed by atoms with E-state index in [9.17, 15) is 9.59 Å². The molecule has 1 aliphatic rings. The van der Waals surface area contributed by atoms with Gasteiger partial charge in [-0.3, -0.25) is 9.59 Å². The number of hydrogen-bond donors (Lipinski definition) is 2. The first kappa shape index (κ1) is 19.6. The molecule has 3 aromatic rings. The predicted molar refractivity (Wildman–Crippen MR) is 116 cm³/mol. The molecule has 1 aliphatic heterocycles. The van der Waals surface area contributed by atoms with Crippen molar-refractivity contribution in [2.45, 2.75) is 25.9 Å².